The molecule has 2 aliphatic heterocycles. The molecule has 43 heavy (non-hydrogen) atoms. The molecule has 0 bridgehead atoms. The average Bonchev–Trinajstić information content (AvgIpc) is 3.30. The second-order valence-electron chi connectivity index (χ2n) is 11.4. The van der Waals surface area contributed by atoms with Gasteiger partial charge >= 0.3 is 5.97 Å². The first-order valence-corrected chi connectivity index (χ1v) is 16.1. The molecule has 2 amide bonds. The summed E-state index contributed by atoms with van der Waals surface area (Å²) in [6.07, 6.45) is 7.88. The van der Waals surface area contributed by atoms with Gasteiger partial charge in [-0.2, -0.15) is 0 Å². The van der Waals surface area contributed by atoms with E-state index in [-0.39, 0.29) is 24.8 Å². The number of para-hydroxylation sites is 1. The van der Waals surface area contributed by atoms with E-state index in [2.05, 4.69) is 15.6 Å². The van der Waals surface area contributed by atoms with Crippen molar-refractivity contribution in [2.24, 2.45) is 5.92 Å². The molecule has 2 fully saturated rings. The number of ether oxygens (including phenoxy) is 1. The molecule has 226 valence electrons. The molecule has 2 aromatic carbocycles. The number of fused-ring (bicyclic) bond motifs is 3. The molecule has 3 heterocycles. The lowest BCUT2D eigenvalue weighted by Crippen LogP contribution is -2.55. The van der Waals surface area contributed by atoms with Gasteiger partial charge in [0.05, 0.1) is 26.8 Å². The number of rotatable bonds is 5. The maximum atomic E-state index is 14.2. The smallest absolute Gasteiger partial charge is 0.330 e. The van der Waals surface area contributed by atoms with E-state index in [4.69, 9.17) is 27.9 Å². The fourth-order valence-electron chi connectivity index (χ4n) is 5.98. The summed E-state index contributed by atoms with van der Waals surface area (Å²) in [5.74, 6) is -2.11. The van der Waals surface area contributed by atoms with Crippen molar-refractivity contribution < 1.29 is 24.2 Å². The topological polar surface area (TPSA) is 121 Å². The number of nitrogens with zero attached hydrogens (tertiary/aromatic N) is 2. The highest BCUT2D eigenvalue weighted by molar-refractivity contribution is 7.20. The Labute approximate surface area is 263 Å². The molecular weight excluding hydrogens is 611 g/mol. The van der Waals surface area contributed by atoms with Crippen molar-refractivity contribution in [3.05, 3.63) is 64.7 Å². The molecule has 3 aromatic rings. The zero-order chi connectivity index (χ0) is 30.1. The van der Waals surface area contributed by atoms with Crippen molar-refractivity contribution in [1.82, 2.24) is 15.2 Å². The van der Waals surface area contributed by atoms with Crippen LogP contribution in [0, 0.1) is 5.92 Å². The largest absolute Gasteiger partial charge is 0.479 e. The van der Waals surface area contributed by atoms with Gasteiger partial charge in [0.1, 0.15) is 23.7 Å². The van der Waals surface area contributed by atoms with Crippen LogP contribution in [0.4, 0.5) is 5.69 Å². The van der Waals surface area contributed by atoms with Gasteiger partial charge in [0.2, 0.25) is 11.8 Å². The van der Waals surface area contributed by atoms with Crippen LogP contribution in [0.15, 0.2) is 54.6 Å². The highest BCUT2D eigenvalue weighted by Gasteiger charge is 2.61. The first-order chi connectivity index (χ1) is 20.7. The van der Waals surface area contributed by atoms with Crippen LogP contribution in [0.1, 0.15) is 44.9 Å². The maximum absolute atomic E-state index is 14.2. The van der Waals surface area contributed by atoms with Crippen molar-refractivity contribution in [2.45, 2.75) is 68.7 Å². The third-order valence-corrected chi connectivity index (χ3v) is 10.1. The minimum Gasteiger partial charge on any atom is -0.479 e. The fraction of sp³-hybridized carbons (Fsp3) is 0.419. The van der Waals surface area contributed by atoms with Crippen LogP contribution in [-0.4, -0.2) is 63.0 Å². The average molecular weight is 644 g/mol. The number of carboxylic acid groups (broad SMARTS) is 1. The number of carboxylic acids is 1. The van der Waals surface area contributed by atoms with Gasteiger partial charge in [-0.3, -0.25) is 9.59 Å². The number of benzene rings is 2. The third kappa shape index (κ3) is 6.32. The SMILES string of the molecule is O=C1N[C@]2(C(=O)O)C[C@@H]2/C=C\CCCCC[C@H](Nc2ccc(Cl)c(Cl)c2)C(=O)N2C[C@H](Oc3nc4ccccc4s3)C[C@@H]12. The molecule has 0 unspecified atom stereocenters. The number of nitrogens with one attached hydrogen (secondary N) is 2. The second-order valence-corrected chi connectivity index (χ2v) is 13.2. The van der Waals surface area contributed by atoms with E-state index in [0.29, 0.717) is 33.8 Å². The molecule has 1 aliphatic carbocycles. The predicted octanol–water partition coefficient (Wildman–Crippen LogP) is 5.91. The van der Waals surface area contributed by atoms with E-state index in [1.165, 1.54) is 16.2 Å². The number of aliphatic carboxylic acids is 1. The Morgan fingerprint density at radius 2 is 1.98 bits per heavy atom. The van der Waals surface area contributed by atoms with E-state index < -0.39 is 35.6 Å². The van der Waals surface area contributed by atoms with Crippen LogP contribution in [-0.2, 0) is 14.4 Å². The summed E-state index contributed by atoms with van der Waals surface area (Å²) in [4.78, 5) is 46.5. The van der Waals surface area contributed by atoms with E-state index in [0.717, 1.165) is 35.9 Å². The van der Waals surface area contributed by atoms with Crippen molar-refractivity contribution in [3.63, 3.8) is 0 Å². The number of halogens is 2. The Balaban J connectivity index is 1.29. The maximum Gasteiger partial charge on any atom is 0.330 e. The Kier molecular flexibility index (Phi) is 8.53. The molecule has 12 heteroatoms. The van der Waals surface area contributed by atoms with E-state index >= 15 is 0 Å². The third-order valence-electron chi connectivity index (χ3n) is 8.42. The Morgan fingerprint density at radius 1 is 1.14 bits per heavy atom. The molecule has 1 saturated carbocycles. The molecule has 9 nitrogen and oxygen atoms in total. The van der Waals surface area contributed by atoms with Gasteiger partial charge in [-0.25, -0.2) is 9.78 Å². The van der Waals surface area contributed by atoms with Crippen molar-refractivity contribution >= 4 is 68.2 Å². The Hall–Kier alpha value is -3.34. The highest BCUT2D eigenvalue weighted by atomic mass is 35.5. The first kappa shape index (κ1) is 29.7. The number of carbonyl (C=O) groups is 3. The van der Waals surface area contributed by atoms with E-state index in [1.54, 1.807) is 18.2 Å². The van der Waals surface area contributed by atoms with Gasteiger partial charge in [0.25, 0.3) is 5.19 Å². The van der Waals surface area contributed by atoms with Crippen molar-refractivity contribution in [3.8, 4) is 5.19 Å². The summed E-state index contributed by atoms with van der Waals surface area (Å²) in [5.41, 5.74) is 0.0830. The molecule has 3 N–H and O–H groups in total. The lowest BCUT2D eigenvalue weighted by atomic mass is 10.0. The lowest BCUT2D eigenvalue weighted by Gasteiger charge is -2.30. The number of amides is 2. The molecule has 1 saturated heterocycles. The number of hydrogen-bond acceptors (Lipinski definition) is 7. The number of hydrogen-bond donors (Lipinski definition) is 3. The molecule has 0 spiro atoms. The highest BCUT2D eigenvalue weighted by Crippen LogP contribution is 2.45. The van der Waals surface area contributed by atoms with Gasteiger partial charge in [-0.05, 0) is 56.0 Å². The van der Waals surface area contributed by atoms with Crippen LogP contribution in [0.3, 0.4) is 0 Å². The van der Waals surface area contributed by atoms with Gasteiger partial charge in [-0.15, -0.1) is 0 Å². The van der Waals surface area contributed by atoms with E-state index in [1.807, 2.05) is 36.4 Å². The number of aromatic nitrogens is 1. The monoisotopic (exact) mass is 642 g/mol. The second kappa shape index (κ2) is 12.3. The molecule has 0 radical (unpaired) electrons. The zero-order valence-electron chi connectivity index (χ0n) is 23.3. The molecule has 1 aromatic heterocycles. The molecular formula is C31H32Cl2N4O5S. The minimum absolute atomic E-state index is 0.163. The van der Waals surface area contributed by atoms with Crippen LogP contribution in [0.25, 0.3) is 10.2 Å². The van der Waals surface area contributed by atoms with Crippen LogP contribution < -0.4 is 15.4 Å². The Bertz CT molecular complexity index is 1550. The van der Waals surface area contributed by atoms with Gasteiger partial charge in [0, 0.05) is 18.0 Å². The lowest BCUT2D eigenvalue weighted by molar-refractivity contribution is -0.145. The molecule has 5 atom stereocenters. The van der Waals surface area contributed by atoms with Gasteiger partial charge in [0.15, 0.2) is 0 Å². The number of allylic oxidation sites excluding steroid dienone is 1. The normalized spacial score (nSPS) is 28.7. The van der Waals surface area contributed by atoms with Gasteiger partial charge < -0.3 is 25.4 Å². The van der Waals surface area contributed by atoms with Crippen LogP contribution in [0.5, 0.6) is 5.19 Å². The first-order valence-electron chi connectivity index (χ1n) is 14.5. The van der Waals surface area contributed by atoms with Crippen molar-refractivity contribution in [1.29, 1.82) is 0 Å². The number of anilines is 1. The summed E-state index contributed by atoms with van der Waals surface area (Å²) in [6.45, 7) is 0.163. The van der Waals surface area contributed by atoms with E-state index in [9.17, 15) is 19.5 Å². The quantitative estimate of drug-likeness (QED) is 0.296. The molecule has 3 aliphatic rings. The summed E-state index contributed by atoms with van der Waals surface area (Å²) >= 11 is 13.8. The minimum atomic E-state index is -1.37. The fourth-order valence-corrected chi connectivity index (χ4v) is 7.16. The predicted molar refractivity (Wildman–Crippen MR) is 167 cm³/mol. The van der Waals surface area contributed by atoms with Crippen LogP contribution >= 0.6 is 34.5 Å². The summed E-state index contributed by atoms with van der Waals surface area (Å²) in [7, 11) is 0. The van der Waals surface area contributed by atoms with Crippen LogP contribution in [0.2, 0.25) is 10.0 Å². The molecule has 6 rings (SSSR count). The summed E-state index contributed by atoms with van der Waals surface area (Å²) < 4.78 is 7.22. The number of thiazole rings is 1. The summed E-state index contributed by atoms with van der Waals surface area (Å²) in [5, 5.41) is 17.4. The number of carbonyl (C=O) groups excluding carboxylic acids is 2. The zero-order valence-corrected chi connectivity index (χ0v) is 25.6. The standard InChI is InChI=1S/C31H32Cl2N4O5S/c32-21-13-12-19(14-22(21)33)34-24-10-5-3-1-2-4-8-18-16-31(18,29(40)41)36-27(38)25-15-20(17-37(25)28(24)39)42-30-35-23-9-6-7-11-26(23)43-30/h4,6-9,11-14,18,20,24-25,34H,1-3,5,10,15-17H2,(H,36,38)(H,40,41)/b8-4-/t18-,20+,24-,25-,31+/m0/s1. The summed E-state index contributed by atoms with van der Waals surface area (Å²) in [6, 6.07) is 11.3. The van der Waals surface area contributed by atoms with Gasteiger partial charge in [-0.1, -0.05) is 71.7 Å². The Morgan fingerprint density at radius 3 is 2.77 bits per heavy atom. The van der Waals surface area contributed by atoms with Crippen molar-refractivity contribution in [2.75, 3.05) is 11.9 Å².